The number of hydrogen-bond acceptors (Lipinski definition) is 2. The number of amides is 2. The van der Waals surface area contributed by atoms with Gasteiger partial charge in [-0.05, 0) is 50.3 Å². The Hall–Kier alpha value is -1.84. The van der Waals surface area contributed by atoms with Crippen LogP contribution in [0.2, 0.25) is 0 Å². The van der Waals surface area contributed by atoms with Gasteiger partial charge in [0.15, 0.2) is 0 Å². The van der Waals surface area contributed by atoms with Gasteiger partial charge in [-0.3, -0.25) is 14.5 Å². The summed E-state index contributed by atoms with van der Waals surface area (Å²) in [6.07, 6.45) is 6.41. The van der Waals surface area contributed by atoms with Crippen LogP contribution in [0.15, 0.2) is 24.3 Å². The molecule has 1 heterocycles. The van der Waals surface area contributed by atoms with Gasteiger partial charge in [0, 0.05) is 5.69 Å². The van der Waals surface area contributed by atoms with Gasteiger partial charge in [-0.1, -0.05) is 25.0 Å². The molecule has 0 bridgehead atoms. The van der Waals surface area contributed by atoms with Crippen molar-refractivity contribution in [1.82, 2.24) is 0 Å². The van der Waals surface area contributed by atoms with E-state index in [9.17, 15) is 9.59 Å². The first-order chi connectivity index (χ1) is 10.0. The van der Waals surface area contributed by atoms with E-state index in [2.05, 4.69) is 6.42 Å². The lowest BCUT2D eigenvalue weighted by Gasteiger charge is -2.31. The van der Waals surface area contributed by atoms with Crippen molar-refractivity contribution in [2.24, 2.45) is 11.1 Å². The molecular weight excluding hydrogens is 264 g/mol. The fourth-order valence-corrected chi connectivity index (χ4v) is 3.69. The maximum absolute atomic E-state index is 13.0. The minimum atomic E-state index is -0.522. The van der Waals surface area contributed by atoms with E-state index in [1.807, 2.05) is 31.2 Å². The first-order valence-electron chi connectivity index (χ1n) is 7.55. The van der Waals surface area contributed by atoms with E-state index in [1.54, 1.807) is 4.90 Å². The molecule has 4 heteroatoms. The second-order valence-corrected chi connectivity index (χ2v) is 6.30. The summed E-state index contributed by atoms with van der Waals surface area (Å²) in [5.74, 6) is -0.347. The molecule has 1 spiro atoms. The topological polar surface area (TPSA) is 63.4 Å². The molecule has 2 fully saturated rings. The third kappa shape index (κ3) is 2.33. The fraction of sp³-hybridized carbons (Fsp3) is 0.471. The van der Waals surface area contributed by atoms with Crippen molar-refractivity contribution in [2.75, 3.05) is 4.90 Å². The molecule has 0 aromatic heterocycles. The van der Waals surface area contributed by atoms with Crippen LogP contribution < -0.4 is 10.6 Å². The molecule has 111 valence electrons. The summed E-state index contributed by atoms with van der Waals surface area (Å²) >= 11 is 0. The Morgan fingerprint density at radius 2 is 2.24 bits per heavy atom. The molecule has 2 atom stereocenters. The largest absolute Gasteiger partial charge is 0.368 e. The molecule has 1 saturated carbocycles. The van der Waals surface area contributed by atoms with E-state index in [0.29, 0.717) is 6.42 Å². The smallest absolute Gasteiger partial charge is 0.240 e. The molecule has 2 N–H and O–H groups in total. The molecule has 4 nitrogen and oxygen atoms in total. The van der Waals surface area contributed by atoms with Crippen molar-refractivity contribution in [2.45, 2.75) is 45.1 Å². The molecule has 2 aliphatic rings. The van der Waals surface area contributed by atoms with Gasteiger partial charge in [-0.2, -0.15) is 0 Å². The van der Waals surface area contributed by atoms with Crippen LogP contribution in [0.4, 0.5) is 5.69 Å². The van der Waals surface area contributed by atoms with Gasteiger partial charge in [0.25, 0.3) is 0 Å². The maximum Gasteiger partial charge on any atom is 0.240 e. The minimum absolute atomic E-state index is 0.0628. The van der Waals surface area contributed by atoms with E-state index in [4.69, 9.17) is 5.73 Å². The van der Waals surface area contributed by atoms with Gasteiger partial charge >= 0.3 is 0 Å². The van der Waals surface area contributed by atoms with Gasteiger partial charge in [0.2, 0.25) is 11.8 Å². The van der Waals surface area contributed by atoms with Crippen molar-refractivity contribution < 1.29 is 9.59 Å². The first kappa shape index (κ1) is 14.1. The van der Waals surface area contributed by atoms with Gasteiger partial charge in [-0.25, -0.2) is 0 Å². The molecule has 1 aromatic carbocycles. The summed E-state index contributed by atoms with van der Waals surface area (Å²) in [6, 6.07) is 7.19. The number of carbonyl (C=O) groups excluding carboxylic acids is 2. The third-order valence-electron chi connectivity index (χ3n) is 4.78. The van der Waals surface area contributed by atoms with E-state index in [1.165, 1.54) is 0 Å². The Morgan fingerprint density at radius 1 is 1.43 bits per heavy atom. The summed E-state index contributed by atoms with van der Waals surface area (Å²) in [5.41, 5.74) is 7.01. The van der Waals surface area contributed by atoms with Crippen LogP contribution in [0.3, 0.4) is 0 Å². The zero-order chi connectivity index (χ0) is 15.0. The fourth-order valence-electron chi connectivity index (χ4n) is 3.69. The third-order valence-corrected chi connectivity index (χ3v) is 4.78. The molecule has 1 radical (unpaired) electrons. The number of nitrogens with two attached hydrogens (primary N) is 1. The lowest BCUT2D eigenvalue weighted by atomic mass is 9.72. The molecule has 1 aliphatic carbocycles. The molecule has 1 saturated heterocycles. The standard InChI is InChI=1S/C17H21N2O2/c1-12-6-5-7-13(10-12)19-14(15(18)20)11-17(16(19)21)8-3-2-4-9-17/h3,5-7,10,14H,2,4,8-9,11H2,1H3,(H2,18,20). The first-order valence-corrected chi connectivity index (χ1v) is 7.55. The minimum Gasteiger partial charge on any atom is -0.368 e. The van der Waals surface area contributed by atoms with Crippen molar-refractivity contribution in [1.29, 1.82) is 0 Å². The SMILES string of the molecule is Cc1cccc(N2C(=O)C3(C[CH]CCC3)CC2C(N)=O)c1. The van der Waals surface area contributed by atoms with Crippen LogP contribution >= 0.6 is 0 Å². The Kier molecular flexibility index (Phi) is 3.47. The van der Waals surface area contributed by atoms with E-state index in [0.717, 1.165) is 36.9 Å². The van der Waals surface area contributed by atoms with Crippen LogP contribution in [-0.4, -0.2) is 17.9 Å². The van der Waals surface area contributed by atoms with Gasteiger partial charge in [0.05, 0.1) is 5.41 Å². The highest BCUT2D eigenvalue weighted by molar-refractivity contribution is 6.06. The van der Waals surface area contributed by atoms with Gasteiger partial charge < -0.3 is 5.73 Å². The van der Waals surface area contributed by atoms with Crippen LogP contribution in [0, 0.1) is 18.8 Å². The van der Waals surface area contributed by atoms with Crippen LogP contribution in [0.25, 0.3) is 0 Å². The summed E-state index contributed by atoms with van der Waals surface area (Å²) in [6.45, 7) is 1.98. The summed E-state index contributed by atoms with van der Waals surface area (Å²) in [7, 11) is 0. The highest BCUT2D eigenvalue weighted by Crippen LogP contribution is 2.48. The Labute approximate surface area is 125 Å². The number of anilines is 1. The maximum atomic E-state index is 13.0. The van der Waals surface area contributed by atoms with E-state index in [-0.39, 0.29) is 5.91 Å². The van der Waals surface area contributed by atoms with E-state index < -0.39 is 17.4 Å². The molecule has 1 aliphatic heterocycles. The average molecular weight is 285 g/mol. The summed E-state index contributed by atoms with van der Waals surface area (Å²) in [4.78, 5) is 26.5. The second kappa shape index (κ2) is 5.17. The molecule has 2 amide bonds. The quantitative estimate of drug-likeness (QED) is 0.906. The monoisotopic (exact) mass is 285 g/mol. The molecular formula is C17H21N2O2. The Balaban J connectivity index is 2.00. The zero-order valence-electron chi connectivity index (χ0n) is 12.3. The van der Waals surface area contributed by atoms with Gasteiger partial charge in [0.1, 0.15) is 6.04 Å². The van der Waals surface area contributed by atoms with Gasteiger partial charge in [-0.15, -0.1) is 0 Å². The van der Waals surface area contributed by atoms with Crippen molar-refractivity contribution in [3.63, 3.8) is 0 Å². The molecule has 1 aromatic rings. The van der Waals surface area contributed by atoms with Crippen LogP contribution in [0.1, 0.15) is 37.7 Å². The number of nitrogens with zero attached hydrogens (tertiary/aromatic N) is 1. The number of aryl methyl sites for hydroxylation is 1. The second-order valence-electron chi connectivity index (χ2n) is 6.30. The number of rotatable bonds is 2. The summed E-state index contributed by atoms with van der Waals surface area (Å²) in [5, 5.41) is 0. The van der Waals surface area contributed by atoms with Crippen LogP contribution in [0.5, 0.6) is 0 Å². The highest BCUT2D eigenvalue weighted by Gasteiger charge is 2.53. The molecule has 21 heavy (non-hydrogen) atoms. The van der Waals surface area contributed by atoms with E-state index >= 15 is 0 Å². The predicted octanol–water partition coefficient (Wildman–Crippen LogP) is 2.35. The zero-order valence-corrected chi connectivity index (χ0v) is 12.3. The number of primary amides is 1. The molecule has 2 unspecified atom stereocenters. The number of benzene rings is 1. The normalized spacial score (nSPS) is 24.5. The Bertz CT molecular complexity index is 576. The van der Waals surface area contributed by atoms with Crippen molar-refractivity contribution in [3.05, 3.63) is 36.2 Å². The van der Waals surface area contributed by atoms with Crippen molar-refractivity contribution >= 4 is 17.5 Å². The lowest BCUT2D eigenvalue weighted by Crippen LogP contribution is -2.43. The highest BCUT2D eigenvalue weighted by atomic mass is 16.2. The summed E-state index contributed by atoms with van der Waals surface area (Å²) < 4.78 is 0. The number of hydrogen-bond donors (Lipinski definition) is 1. The lowest BCUT2D eigenvalue weighted by molar-refractivity contribution is -0.126. The van der Waals surface area contributed by atoms with Crippen molar-refractivity contribution in [3.8, 4) is 0 Å². The molecule has 3 rings (SSSR count). The Morgan fingerprint density at radius 3 is 2.86 bits per heavy atom. The predicted molar refractivity (Wildman–Crippen MR) is 81.5 cm³/mol. The number of carbonyl (C=O) groups is 2. The van der Waals surface area contributed by atoms with Crippen LogP contribution in [-0.2, 0) is 9.59 Å². The average Bonchev–Trinajstić information content (AvgIpc) is 2.74.